The third-order valence-corrected chi connectivity index (χ3v) is 4.98. The number of fused-ring (bicyclic) bond motifs is 1. The Labute approximate surface area is 146 Å². The summed E-state index contributed by atoms with van der Waals surface area (Å²) < 4.78 is 7.38. The summed E-state index contributed by atoms with van der Waals surface area (Å²) in [6.07, 6.45) is 2.14. The maximum atomic E-state index is 10.3. The largest absolute Gasteiger partial charge is 0.388 e. The topological polar surface area (TPSA) is 67.3 Å². The van der Waals surface area contributed by atoms with Crippen LogP contribution in [0.5, 0.6) is 0 Å². The molecule has 1 atom stereocenters. The third-order valence-electron chi connectivity index (χ3n) is 4.98. The van der Waals surface area contributed by atoms with Gasteiger partial charge < -0.3 is 9.63 Å². The van der Waals surface area contributed by atoms with E-state index in [2.05, 4.69) is 21.2 Å². The van der Waals surface area contributed by atoms with Crippen molar-refractivity contribution in [1.82, 2.24) is 19.8 Å². The number of aliphatic hydroxyl groups excluding tert-OH is 1. The fourth-order valence-corrected chi connectivity index (χ4v) is 3.40. The molecule has 6 heteroatoms. The van der Waals surface area contributed by atoms with Crippen LogP contribution in [-0.2, 0) is 20.1 Å². The van der Waals surface area contributed by atoms with Gasteiger partial charge in [-0.2, -0.15) is 5.10 Å². The number of nitrogens with zero attached hydrogens (tertiary/aromatic N) is 4. The van der Waals surface area contributed by atoms with E-state index in [9.17, 15) is 5.11 Å². The smallest absolute Gasteiger partial charge is 0.151 e. The van der Waals surface area contributed by atoms with E-state index in [0.717, 1.165) is 47.8 Å². The van der Waals surface area contributed by atoms with E-state index < -0.39 is 6.10 Å². The molecule has 1 aromatic carbocycles. The molecule has 1 unspecified atom stereocenters. The fourth-order valence-electron chi connectivity index (χ4n) is 3.40. The second-order valence-electron chi connectivity index (χ2n) is 6.66. The Balaban J connectivity index is 1.52. The highest BCUT2D eigenvalue weighted by atomic mass is 16.5. The monoisotopic (exact) mass is 338 g/mol. The molecule has 0 saturated heterocycles. The Kier molecular flexibility index (Phi) is 4.15. The van der Waals surface area contributed by atoms with E-state index in [1.807, 2.05) is 49.1 Å². The van der Waals surface area contributed by atoms with Crippen LogP contribution in [0.15, 0.2) is 41.1 Å². The Bertz CT molecular complexity index is 883. The van der Waals surface area contributed by atoms with Crippen LogP contribution in [0.4, 0.5) is 0 Å². The normalized spacial score (nSPS) is 18.1. The van der Waals surface area contributed by atoms with Gasteiger partial charge in [0.1, 0.15) is 5.69 Å². The molecule has 1 aliphatic heterocycles. The molecule has 0 radical (unpaired) electrons. The van der Waals surface area contributed by atoms with Crippen molar-refractivity contribution in [1.29, 1.82) is 0 Å². The molecule has 0 amide bonds. The molecule has 0 fully saturated rings. The van der Waals surface area contributed by atoms with Gasteiger partial charge in [-0.05, 0) is 24.5 Å². The van der Waals surface area contributed by atoms with Gasteiger partial charge in [-0.3, -0.25) is 9.58 Å². The van der Waals surface area contributed by atoms with Gasteiger partial charge in [-0.15, -0.1) is 0 Å². The first-order chi connectivity index (χ1) is 12.1. The van der Waals surface area contributed by atoms with E-state index in [1.54, 1.807) is 0 Å². The minimum atomic E-state index is -0.399. The van der Waals surface area contributed by atoms with Crippen LogP contribution in [0.2, 0.25) is 0 Å². The first-order valence-corrected chi connectivity index (χ1v) is 8.54. The van der Waals surface area contributed by atoms with Gasteiger partial charge in [-0.1, -0.05) is 29.4 Å². The van der Waals surface area contributed by atoms with Crippen LogP contribution in [-0.4, -0.2) is 31.5 Å². The summed E-state index contributed by atoms with van der Waals surface area (Å²) >= 11 is 0. The van der Waals surface area contributed by atoms with Crippen LogP contribution in [0.3, 0.4) is 0 Å². The zero-order chi connectivity index (χ0) is 17.4. The highest BCUT2D eigenvalue weighted by molar-refractivity contribution is 5.60. The lowest BCUT2D eigenvalue weighted by atomic mass is 10.0. The lowest BCUT2D eigenvalue weighted by Gasteiger charge is -2.18. The van der Waals surface area contributed by atoms with E-state index >= 15 is 0 Å². The summed E-state index contributed by atoms with van der Waals surface area (Å²) in [7, 11) is 1.92. The summed E-state index contributed by atoms with van der Waals surface area (Å²) in [4.78, 5) is 2.29. The molecule has 25 heavy (non-hydrogen) atoms. The number of aromatic nitrogens is 3. The zero-order valence-electron chi connectivity index (χ0n) is 14.5. The van der Waals surface area contributed by atoms with Crippen LogP contribution >= 0.6 is 0 Å². The molecule has 4 rings (SSSR count). The van der Waals surface area contributed by atoms with Gasteiger partial charge in [0, 0.05) is 37.5 Å². The first kappa shape index (κ1) is 16.1. The van der Waals surface area contributed by atoms with Crippen molar-refractivity contribution < 1.29 is 9.63 Å². The van der Waals surface area contributed by atoms with Gasteiger partial charge in [-0.25, -0.2) is 0 Å². The summed E-state index contributed by atoms with van der Waals surface area (Å²) in [6.45, 7) is 4.31. The second-order valence-corrected chi connectivity index (χ2v) is 6.66. The maximum Gasteiger partial charge on any atom is 0.151 e. The Morgan fingerprint density at radius 3 is 2.96 bits per heavy atom. The standard InChI is InChI=1S/C19H22N4O2/c1-13-17(10-20-22(13)2)18-9-15(25-21-18)12-23-8-7-19(24)16-6-4-3-5-14(16)11-23/h3-6,9-10,19,24H,7-8,11-12H2,1-2H3. The Morgan fingerprint density at radius 2 is 2.16 bits per heavy atom. The number of hydrogen-bond donors (Lipinski definition) is 1. The number of aliphatic hydroxyl groups is 1. The maximum absolute atomic E-state index is 10.3. The molecule has 130 valence electrons. The van der Waals surface area contributed by atoms with E-state index in [1.165, 1.54) is 5.56 Å². The van der Waals surface area contributed by atoms with Gasteiger partial charge >= 0.3 is 0 Å². The average Bonchev–Trinajstić information content (AvgIpc) is 3.15. The van der Waals surface area contributed by atoms with Crippen molar-refractivity contribution in [3.63, 3.8) is 0 Å². The summed E-state index contributed by atoms with van der Waals surface area (Å²) in [5.74, 6) is 0.826. The average molecular weight is 338 g/mol. The van der Waals surface area contributed by atoms with Crippen LogP contribution in [0, 0.1) is 6.92 Å². The third kappa shape index (κ3) is 3.10. The minimum absolute atomic E-state index is 0.399. The number of aryl methyl sites for hydroxylation is 1. The summed E-state index contributed by atoms with van der Waals surface area (Å²) in [5.41, 5.74) is 5.08. The molecule has 0 saturated carbocycles. The van der Waals surface area contributed by atoms with Gasteiger partial charge in [0.25, 0.3) is 0 Å². The molecule has 0 spiro atoms. The molecule has 3 heterocycles. The fraction of sp³-hybridized carbons (Fsp3) is 0.368. The summed E-state index contributed by atoms with van der Waals surface area (Å²) in [6, 6.07) is 10.1. The second kappa shape index (κ2) is 6.46. The number of hydrogen-bond acceptors (Lipinski definition) is 5. The predicted molar refractivity (Wildman–Crippen MR) is 93.6 cm³/mol. The number of benzene rings is 1. The molecule has 1 N–H and O–H groups in total. The van der Waals surface area contributed by atoms with Crippen molar-refractivity contribution in [3.05, 3.63) is 59.1 Å². The van der Waals surface area contributed by atoms with Crippen molar-refractivity contribution in [2.24, 2.45) is 7.05 Å². The number of rotatable bonds is 3. The Morgan fingerprint density at radius 1 is 1.32 bits per heavy atom. The highest BCUT2D eigenvalue weighted by Gasteiger charge is 2.21. The van der Waals surface area contributed by atoms with Gasteiger partial charge in [0.2, 0.25) is 0 Å². The van der Waals surface area contributed by atoms with Crippen LogP contribution < -0.4 is 0 Å². The van der Waals surface area contributed by atoms with Gasteiger partial charge in [0.05, 0.1) is 18.8 Å². The minimum Gasteiger partial charge on any atom is -0.388 e. The molecule has 0 aliphatic carbocycles. The molecular weight excluding hydrogens is 316 g/mol. The van der Waals surface area contributed by atoms with Crippen LogP contribution in [0.1, 0.15) is 35.1 Å². The van der Waals surface area contributed by atoms with Crippen molar-refractivity contribution in [2.75, 3.05) is 6.54 Å². The lowest BCUT2D eigenvalue weighted by molar-refractivity contribution is 0.145. The molecule has 3 aromatic rings. The predicted octanol–water partition coefficient (Wildman–Crippen LogP) is 2.82. The van der Waals surface area contributed by atoms with Crippen LogP contribution in [0.25, 0.3) is 11.3 Å². The van der Waals surface area contributed by atoms with E-state index in [0.29, 0.717) is 6.54 Å². The molecule has 1 aliphatic rings. The van der Waals surface area contributed by atoms with Crippen molar-refractivity contribution in [3.8, 4) is 11.3 Å². The molecule has 0 bridgehead atoms. The highest BCUT2D eigenvalue weighted by Crippen LogP contribution is 2.28. The quantitative estimate of drug-likeness (QED) is 0.795. The van der Waals surface area contributed by atoms with E-state index in [4.69, 9.17) is 4.52 Å². The molecule has 2 aromatic heterocycles. The zero-order valence-corrected chi connectivity index (χ0v) is 14.5. The first-order valence-electron chi connectivity index (χ1n) is 8.54. The van der Waals surface area contributed by atoms with Gasteiger partial charge in [0.15, 0.2) is 5.76 Å². The lowest BCUT2D eigenvalue weighted by Crippen LogP contribution is -2.22. The SMILES string of the molecule is Cc1c(-c2cc(CN3CCC(O)c4ccccc4C3)on2)cnn1C. The molecular formula is C19H22N4O2. The summed E-state index contributed by atoms with van der Waals surface area (Å²) in [5, 5.41) is 18.8. The molecule has 6 nitrogen and oxygen atoms in total. The van der Waals surface area contributed by atoms with Crippen molar-refractivity contribution in [2.45, 2.75) is 32.5 Å². The Hall–Kier alpha value is -2.44. The van der Waals surface area contributed by atoms with E-state index in [-0.39, 0.29) is 0 Å². The van der Waals surface area contributed by atoms with Crippen molar-refractivity contribution >= 4 is 0 Å².